The van der Waals surface area contributed by atoms with Crippen molar-refractivity contribution in [3.63, 3.8) is 0 Å². The summed E-state index contributed by atoms with van der Waals surface area (Å²) in [5.41, 5.74) is 2.55. The number of hydrogen-bond donors (Lipinski definition) is 0. The van der Waals surface area contributed by atoms with Crippen molar-refractivity contribution in [1.82, 2.24) is 19.7 Å². The summed E-state index contributed by atoms with van der Waals surface area (Å²) in [4.78, 5) is 19.1. The lowest BCUT2D eigenvalue weighted by Gasteiger charge is -2.32. The molecule has 0 radical (unpaired) electrons. The maximum absolute atomic E-state index is 12.9. The molecule has 1 amide bonds. The fraction of sp³-hybridized carbons (Fsp3) is 0.550. The third-order valence-electron chi connectivity index (χ3n) is 4.63. The molecule has 1 aliphatic heterocycles. The minimum absolute atomic E-state index is 0.0427. The summed E-state index contributed by atoms with van der Waals surface area (Å²) in [7, 11) is 1.84. The van der Waals surface area contributed by atoms with Gasteiger partial charge in [0.05, 0.1) is 24.1 Å². The van der Waals surface area contributed by atoms with Crippen LogP contribution >= 0.6 is 0 Å². The van der Waals surface area contributed by atoms with Crippen LogP contribution in [0.15, 0.2) is 30.5 Å². The summed E-state index contributed by atoms with van der Waals surface area (Å²) in [6, 6.07) is 7.74. The van der Waals surface area contributed by atoms with Crippen molar-refractivity contribution in [2.24, 2.45) is 13.0 Å². The van der Waals surface area contributed by atoms with E-state index in [1.54, 1.807) is 10.9 Å². The molecule has 0 N–H and O–H groups in total. The first-order chi connectivity index (χ1) is 12.5. The summed E-state index contributed by atoms with van der Waals surface area (Å²) in [6.07, 6.45) is 4.64. The molecule has 1 saturated heterocycles. The average Bonchev–Trinajstić information content (AvgIpc) is 3.00. The Morgan fingerprint density at radius 1 is 1.35 bits per heavy atom. The predicted octanol–water partition coefficient (Wildman–Crippen LogP) is 2.84. The fourth-order valence-electron chi connectivity index (χ4n) is 3.35. The molecule has 0 bridgehead atoms. The monoisotopic (exact) mass is 356 g/mol. The molecule has 2 aromatic rings. The van der Waals surface area contributed by atoms with Crippen LogP contribution in [-0.4, -0.2) is 44.8 Å². The van der Waals surface area contributed by atoms with E-state index in [0.29, 0.717) is 24.8 Å². The van der Waals surface area contributed by atoms with Gasteiger partial charge in [-0.2, -0.15) is 5.10 Å². The molecule has 3 heterocycles. The van der Waals surface area contributed by atoms with Gasteiger partial charge in [0.25, 0.3) is 5.91 Å². The molecule has 0 saturated carbocycles. The summed E-state index contributed by atoms with van der Waals surface area (Å²) >= 11 is 0. The Kier molecular flexibility index (Phi) is 6.04. The van der Waals surface area contributed by atoms with Crippen LogP contribution in [0, 0.1) is 5.92 Å². The topological polar surface area (TPSA) is 60.3 Å². The molecule has 0 aromatic carbocycles. The molecule has 6 nitrogen and oxygen atoms in total. The zero-order valence-corrected chi connectivity index (χ0v) is 15.9. The number of likely N-dealkylation sites (tertiary alicyclic amines) is 1. The van der Waals surface area contributed by atoms with Gasteiger partial charge in [0.1, 0.15) is 5.69 Å². The Morgan fingerprint density at radius 3 is 2.92 bits per heavy atom. The van der Waals surface area contributed by atoms with Gasteiger partial charge in [0, 0.05) is 26.3 Å². The third-order valence-corrected chi connectivity index (χ3v) is 4.63. The summed E-state index contributed by atoms with van der Waals surface area (Å²) in [5, 5.41) is 4.49. The zero-order valence-electron chi connectivity index (χ0n) is 15.9. The van der Waals surface area contributed by atoms with Gasteiger partial charge in [-0.15, -0.1) is 0 Å². The number of pyridine rings is 1. The summed E-state index contributed by atoms with van der Waals surface area (Å²) in [6.45, 7) is 6.19. The van der Waals surface area contributed by atoms with Crippen LogP contribution in [0.4, 0.5) is 0 Å². The second-order valence-electron chi connectivity index (χ2n) is 7.39. The number of aryl methyl sites for hydroxylation is 1. The van der Waals surface area contributed by atoms with Gasteiger partial charge in [-0.3, -0.25) is 14.5 Å². The molecule has 1 aliphatic rings. The largest absolute Gasteiger partial charge is 0.370 e. The Bertz CT molecular complexity index is 727. The Labute approximate surface area is 155 Å². The van der Waals surface area contributed by atoms with E-state index in [2.05, 4.69) is 23.9 Å². The van der Waals surface area contributed by atoms with Crippen LogP contribution in [0.25, 0.3) is 0 Å². The quantitative estimate of drug-likeness (QED) is 0.798. The van der Waals surface area contributed by atoms with E-state index < -0.39 is 0 Å². The average molecular weight is 356 g/mol. The number of rotatable bonds is 6. The Morgan fingerprint density at radius 2 is 2.19 bits per heavy atom. The van der Waals surface area contributed by atoms with Crippen molar-refractivity contribution in [1.29, 1.82) is 0 Å². The highest BCUT2D eigenvalue weighted by Gasteiger charge is 2.27. The summed E-state index contributed by atoms with van der Waals surface area (Å²) in [5.74, 6) is 0.563. The summed E-state index contributed by atoms with van der Waals surface area (Å²) < 4.78 is 7.70. The maximum atomic E-state index is 12.9. The smallest absolute Gasteiger partial charge is 0.272 e. The normalized spacial score (nSPS) is 17.7. The number of aromatic nitrogens is 3. The molecule has 3 rings (SSSR count). The standard InChI is InChI=1S/C20H28N4O2/c1-15(2)11-17-12-19(23(3)22-17)20(25)24-10-6-8-18(13-24)26-14-16-7-4-5-9-21-16/h4-5,7,9,12,15,18H,6,8,10-11,13-14H2,1-3H3/t18-/m1/s1. The molecule has 6 heteroatoms. The first-order valence-corrected chi connectivity index (χ1v) is 9.36. The van der Waals surface area contributed by atoms with E-state index in [1.165, 1.54) is 0 Å². The molecule has 0 unspecified atom stereocenters. The van der Waals surface area contributed by atoms with Gasteiger partial charge < -0.3 is 9.64 Å². The van der Waals surface area contributed by atoms with E-state index in [-0.39, 0.29) is 12.0 Å². The Balaban J connectivity index is 1.60. The first-order valence-electron chi connectivity index (χ1n) is 9.36. The third kappa shape index (κ3) is 4.69. The van der Waals surface area contributed by atoms with E-state index in [1.807, 2.05) is 36.2 Å². The molecular formula is C20H28N4O2. The maximum Gasteiger partial charge on any atom is 0.272 e. The van der Waals surface area contributed by atoms with Crippen molar-refractivity contribution in [3.05, 3.63) is 47.5 Å². The number of nitrogens with zero attached hydrogens (tertiary/aromatic N) is 4. The lowest BCUT2D eigenvalue weighted by atomic mass is 10.1. The molecule has 0 aliphatic carbocycles. The lowest BCUT2D eigenvalue weighted by molar-refractivity contribution is -0.00814. The predicted molar refractivity (Wildman–Crippen MR) is 99.7 cm³/mol. The number of carbonyl (C=O) groups is 1. The van der Waals surface area contributed by atoms with Crippen LogP contribution in [0.5, 0.6) is 0 Å². The van der Waals surface area contributed by atoms with Gasteiger partial charge in [-0.25, -0.2) is 0 Å². The number of amides is 1. The number of piperidine rings is 1. The second-order valence-corrected chi connectivity index (χ2v) is 7.39. The van der Waals surface area contributed by atoms with Crippen molar-refractivity contribution in [3.8, 4) is 0 Å². The van der Waals surface area contributed by atoms with Crippen LogP contribution < -0.4 is 0 Å². The minimum atomic E-state index is 0.0427. The van der Waals surface area contributed by atoms with Crippen LogP contribution in [-0.2, 0) is 24.8 Å². The second kappa shape index (κ2) is 8.45. The molecule has 0 spiro atoms. The SMILES string of the molecule is CC(C)Cc1cc(C(=O)N2CCC[C@@H](OCc3ccccn3)C2)n(C)n1. The van der Waals surface area contributed by atoms with Crippen molar-refractivity contribution in [2.75, 3.05) is 13.1 Å². The van der Waals surface area contributed by atoms with Gasteiger partial charge in [0.15, 0.2) is 0 Å². The fourth-order valence-corrected chi connectivity index (χ4v) is 3.35. The van der Waals surface area contributed by atoms with E-state index in [4.69, 9.17) is 4.74 Å². The minimum Gasteiger partial charge on any atom is -0.370 e. The van der Waals surface area contributed by atoms with Crippen molar-refractivity contribution < 1.29 is 9.53 Å². The Hall–Kier alpha value is -2.21. The van der Waals surface area contributed by atoms with E-state index in [0.717, 1.165) is 37.2 Å². The molecule has 2 aromatic heterocycles. The molecule has 1 atom stereocenters. The van der Waals surface area contributed by atoms with Gasteiger partial charge in [0.2, 0.25) is 0 Å². The highest BCUT2D eigenvalue weighted by Crippen LogP contribution is 2.18. The van der Waals surface area contributed by atoms with E-state index in [9.17, 15) is 4.79 Å². The van der Waals surface area contributed by atoms with E-state index >= 15 is 0 Å². The van der Waals surface area contributed by atoms with Gasteiger partial charge in [-0.05, 0) is 43.4 Å². The molecular weight excluding hydrogens is 328 g/mol. The number of hydrogen-bond acceptors (Lipinski definition) is 4. The van der Waals surface area contributed by atoms with Crippen LogP contribution in [0.3, 0.4) is 0 Å². The van der Waals surface area contributed by atoms with Crippen molar-refractivity contribution >= 4 is 5.91 Å². The van der Waals surface area contributed by atoms with Crippen molar-refractivity contribution in [2.45, 2.75) is 45.8 Å². The zero-order chi connectivity index (χ0) is 18.5. The van der Waals surface area contributed by atoms with Gasteiger partial charge >= 0.3 is 0 Å². The van der Waals surface area contributed by atoms with Crippen LogP contribution in [0.1, 0.15) is 48.6 Å². The molecule has 140 valence electrons. The molecule has 26 heavy (non-hydrogen) atoms. The lowest BCUT2D eigenvalue weighted by Crippen LogP contribution is -2.43. The van der Waals surface area contributed by atoms with Gasteiger partial charge in [-0.1, -0.05) is 19.9 Å². The molecule has 1 fully saturated rings. The highest BCUT2D eigenvalue weighted by atomic mass is 16.5. The van der Waals surface area contributed by atoms with Crippen LogP contribution in [0.2, 0.25) is 0 Å². The highest BCUT2D eigenvalue weighted by molar-refractivity contribution is 5.92. The first kappa shape index (κ1) is 18.6. The number of ether oxygens (including phenoxy) is 1. The number of carbonyl (C=O) groups excluding carboxylic acids is 1.